The second-order valence-corrected chi connectivity index (χ2v) is 5.55. The molecule has 0 saturated heterocycles. The zero-order chi connectivity index (χ0) is 14.5. The number of anilines is 1. The Morgan fingerprint density at radius 1 is 1.55 bits per heavy atom. The molecule has 2 heterocycles. The molecule has 0 amide bonds. The number of thiophene rings is 1. The van der Waals surface area contributed by atoms with Crippen LogP contribution in [0.5, 0.6) is 0 Å². The molecule has 1 N–H and O–H groups in total. The van der Waals surface area contributed by atoms with Crippen LogP contribution in [-0.2, 0) is 11.3 Å². The summed E-state index contributed by atoms with van der Waals surface area (Å²) in [6.45, 7) is 2.79. The smallest absolute Gasteiger partial charge is 0.328 e. The molecule has 5 heteroatoms. The lowest BCUT2D eigenvalue weighted by Gasteiger charge is -2.19. The second-order valence-electron chi connectivity index (χ2n) is 4.52. The number of rotatable bonds is 5. The van der Waals surface area contributed by atoms with Gasteiger partial charge < -0.3 is 10.0 Å². The highest BCUT2D eigenvalue weighted by molar-refractivity contribution is 7.09. The Kier molecular flexibility index (Phi) is 4.53. The van der Waals surface area contributed by atoms with Crippen molar-refractivity contribution < 1.29 is 9.90 Å². The predicted molar refractivity (Wildman–Crippen MR) is 82.1 cm³/mol. The van der Waals surface area contributed by atoms with Crippen molar-refractivity contribution in [3.8, 4) is 0 Å². The molecule has 0 saturated carbocycles. The van der Waals surface area contributed by atoms with Crippen LogP contribution in [0.15, 0.2) is 35.9 Å². The van der Waals surface area contributed by atoms with Gasteiger partial charge in [0.15, 0.2) is 0 Å². The molecule has 0 aromatic carbocycles. The SMILES string of the molecule is Cc1cc(/C=C/C(=O)O)cnc1N(C)Cc1cccs1. The van der Waals surface area contributed by atoms with Gasteiger partial charge in [-0.1, -0.05) is 6.07 Å². The van der Waals surface area contributed by atoms with Gasteiger partial charge in [-0.3, -0.25) is 0 Å². The van der Waals surface area contributed by atoms with Crippen molar-refractivity contribution in [1.82, 2.24) is 4.98 Å². The first-order chi connectivity index (χ1) is 9.56. The molecule has 104 valence electrons. The topological polar surface area (TPSA) is 53.4 Å². The largest absolute Gasteiger partial charge is 0.478 e. The molecule has 2 rings (SSSR count). The third-order valence-corrected chi connectivity index (χ3v) is 3.69. The number of carboxylic acid groups (broad SMARTS) is 1. The Morgan fingerprint density at radius 3 is 2.95 bits per heavy atom. The van der Waals surface area contributed by atoms with Crippen molar-refractivity contribution in [1.29, 1.82) is 0 Å². The summed E-state index contributed by atoms with van der Waals surface area (Å²) in [5, 5.41) is 10.7. The fourth-order valence-corrected chi connectivity index (χ4v) is 2.72. The molecule has 0 aliphatic heterocycles. The summed E-state index contributed by atoms with van der Waals surface area (Å²) in [7, 11) is 2.00. The quantitative estimate of drug-likeness (QED) is 0.859. The van der Waals surface area contributed by atoms with Crippen molar-refractivity contribution in [2.45, 2.75) is 13.5 Å². The maximum absolute atomic E-state index is 10.5. The Balaban J connectivity index is 2.14. The number of nitrogens with zero attached hydrogens (tertiary/aromatic N) is 2. The molecule has 0 radical (unpaired) electrons. The number of aliphatic carboxylic acids is 1. The molecule has 0 bridgehead atoms. The van der Waals surface area contributed by atoms with Gasteiger partial charge in [0.1, 0.15) is 5.82 Å². The average Bonchev–Trinajstić information content (AvgIpc) is 2.89. The highest BCUT2D eigenvalue weighted by Gasteiger charge is 2.08. The molecule has 20 heavy (non-hydrogen) atoms. The van der Waals surface area contributed by atoms with Crippen LogP contribution in [0.2, 0.25) is 0 Å². The normalized spacial score (nSPS) is 10.9. The van der Waals surface area contributed by atoms with Crippen molar-refractivity contribution in [3.05, 3.63) is 51.9 Å². The Morgan fingerprint density at radius 2 is 2.35 bits per heavy atom. The molecular weight excluding hydrogens is 272 g/mol. The van der Waals surface area contributed by atoms with Crippen LogP contribution in [0.4, 0.5) is 5.82 Å². The van der Waals surface area contributed by atoms with Gasteiger partial charge in [-0.15, -0.1) is 11.3 Å². The second kappa shape index (κ2) is 6.34. The van der Waals surface area contributed by atoms with Crippen LogP contribution in [0, 0.1) is 6.92 Å². The van der Waals surface area contributed by atoms with Crippen LogP contribution in [0.25, 0.3) is 6.08 Å². The fourth-order valence-electron chi connectivity index (χ4n) is 1.96. The molecule has 4 nitrogen and oxygen atoms in total. The molecule has 0 atom stereocenters. The number of hydrogen-bond acceptors (Lipinski definition) is 4. The molecule has 0 unspecified atom stereocenters. The minimum atomic E-state index is -0.957. The highest BCUT2D eigenvalue weighted by Crippen LogP contribution is 2.20. The van der Waals surface area contributed by atoms with E-state index in [0.29, 0.717) is 0 Å². The lowest BCUT2D eigenvalue weighted by atomic mass is 10.2. The van der Waals surface area contributed by atoms with Gasteiger partial charge in [-0.05, 0) is 41.6 Å². The monoisotopic (exact) mass is 288 g/mol. The Labute approximate surface area is 122 Å². The van der Waals surface area contributed by atoms with E-state index in [4.69, 9.17) is 5.11 Å². The number of pyridine rings is 1. The predicted octanol–water partition coefficient (Wildman–Crippen LogP) is 3.19. The molecule has 0 aliphatic carbocycles. The summed E-state index contributed by atoms with van der Waals surface area (Å²) < 4.78 is 0. The van der Waals surface area contributed by atoms with Crippen LogP contribution in [-0.4, -0.2) is 23.1 Å². The Bertz CT molecular complexity index is 621. The van der Waals surface area contributed by atoms with Crippen molar-refractivity contribution >= 4 is 29.2 Å². The van der Waals surface area contributed by atoms with Crippen molar-refractivity contribution in [3.63, 3.8) is 0 Å². The Hall–Kier alpha value is -2.14. The summed E-state index contributed by atoms with van der Waals surface area (Å²) in [5.74, 6) is -0.0487. The summed E-state index contributed by atoms with van der Waals surface area (Å²) in [6.07, 6.45) is 4.35. The van der Waals surface area contributed by atoms with Gasteiger partial charge in [0.2, 0.25) is 0 Å². The van der Waals surface area contributed by atoms with Crippen LogP contribution >= 0.6 is 11.3 Å². The summed E-state index contributed by atoms with van der Waals surface area (Å²) in [5.41, 5.74) is 1.81. The minimum absolute atomic E-state index is 0.790. The summed E-state index contributed by atoms with van der Waals surface area (Å²) in [4.78, 5) is 18.3. The van der Waals surface area contributed by atoms with E-state index in [9.17, 15) is 4.79 Å². The van der Waals surface area contributed by atoms with Gasteiger partial charge in [-0.25, -0.2) is 9.78 Å². The standard InChI is InChI=1S/C15H16N2O2S/c1-11-8-12(5-6-14(18)19)9-16-15(11)17(2)10-13-4-3-7-20-13/h3-9H,10H2,1-2H3,(H,18,19)/b6-5+. The maximum Gasteiger partial charge on any atom is 0.328 e. The van der Waals surface area contributed by atoms with E-state index in [0.717, 1.165) is 29.6 Å². The van der Waals surface area contributed by atoms with E-state index < -0.39 is 5.97 Å². The molecule has 0 spiro atoms. The molecule has 2 aromatic heterocycles. The van der Waals surface area contributed by atoms with Gasteiger partial charge in [0.05, 0.1) is 6.54 Å². The van der Waals surface area contributed by atoms with E-state index in [-0.39, 0.29) is 0 Å². The van der Waals surface area contributed by atoms with E-state index in [1.807, 2.05) is 26.1 Å². The third kappa shape index (κ3) is 3.68. The summed E-state index contributed by atoms with van der Waals surface area (Å²) >= 11 is 1.72. The van der Waals surface area contributed by atoms with E-state index >= 15 is 0 Å². The van der Waals surface area contributed by atoms with E-state index in [2.05, 4.69) is 21.3 Å². The first-order valence-electron chi connectivity index (χ1n) is 6.17. The van der Waals surface area contributed by atoms with Crippen LogP contribution < -0.4 is 4.90 Å². The van der Waals surface area contributed by atoms with Crippen LogP contribution in [0.1, 0.15) is 16.0 Å². The van der Waals surface area contributed by atoms with Crippen molar-refractivity contribution in [2.24, 2.45) is 0 Å². The average molecular weight is 288 g/mol. The third-order valence-electron chi connectivity index (χ3n) is 2.82. The number of carboxylic acids is 1. The molecular formula is C15H16N2O2S. The zero-order valence-electron chi connectivity index (χ0n) is 11.4. The molecule has 2 aromatic rings. The lowest BCUT2D eigenvalue weighted by Crippen LogP contribution is -2.18. The highest BCUT2D eigenvalue weighted by atomic mass is 32.1. The van der Waals surface area contributed by atoms with Gasteiger partial charge in [-0.2, -0.15) is 0 Å². The molecule has 0 aliphatic rings. The number of aryl methyl sites for hydroxylation is 1. The van der Waals surface area contributed by atoms with E-state index in [1.165, 1.54) is 4.88 Å². The lowest BCUT2D eigenvalue weighted by molar-refractivity contribution is -0.131. The number of aromatic nitrogens is 1. The van der Waals surface area contributed by atoms with Gasteiger partial charge in [0, 0.05) is 24.2 Å². The van der Waals surface area contributed by atoms with Gasteiger partial charge >= 0.3 is 5.97 Å². The number of carbonyl (C=O) groups is 1. The van der Waals surface area contributed by atoms with Crippen molar-refractivity contribution in [2.75, 3.05) is 11.9 Å². The van der Waals surface area contributed by atoms with E-state index in [1.54, 1.807) is 23.6 Å². The summed E-state index contributed by atoms with van der Waals surface area (Å²) in [6, 6.07) is 6.07. The minimum Gasteiger partial charge on any atom is -0.478 e. The number of hydrogen-bond donors (Lipinski definition) is 1. The molecule has 0 fully saturated rings. The fraction of sp³-hybridized carbons (Fsp3) is 0.200. The zero-order valence-corrected chi connectivity index (χ0v) is 12.2. The first-order valence-corrected chi connectivity index (χ1v) is 7.05. The maximum atomic E-state index is 10.5. The first kappa shape index (κ1) is 14.3. The van der Waals surface area contributed by atoms with Crippen LogP contribution in [0.3, 0.4) is 0 Å². The van der Waals surface area contributed by atoms with Gasteiger partial charge in [0.25, 0.3) is 0 Å².